The standard InChI is InChI=1S/C36H31FN4O4S2/c1-22-5-4-6-24(19-22)20-45-29-17-11-26(12-18-29)32(42)30-31(25-9-15-28(16-10-25)40(2)3)41(34(44)33(30)43)35-38-39-36(47-35)46-21-23-7-13-27(37)14-8-23/h4-19,31,42H,20-21H2,1-3H3/b32-30+. The molecule has 1 N–H and O–H groups in total. The van der Waals surface area contributed by atoms with Crippen molar-refractivity contribution in [3.63, 3.8) is 0 Å². The summed E-state index contributed by atoms with van der Waals surface area (Å²) < 4.78 is 19.8. The van der Waals surface area contributed by atoms with Gasteiger partial charge in [0, 0.05) is 31.1 Å². The molecular formula is C36H31FN4O4S2. The number of aliphatic hydroxyl groups excluding tert-OH is 1. The van der Waals surface area contributed by atoms with Crippen LogP contribution < -0.4 is 14.5 Å². The minimum atomic E-state index is -0.939. The lowest BCUT2D eigenvalue weighted by Gasteiger charge is -2.23. The molecule has 238 valence electrons. The minimum Gasteiger partial charge on any atom is -0.507 e. The Kier molecular flexibility index (Phi) is 9.37. The molecule has 1 saturated heterocycles. The van der Waals surface area contributed by atoms with Crippen LogP contribution in [0.25, 0.3) is 5.76 Å². The van der Waals surface area contributed by atoms with E-state index in [1.807, 2.05) is 68.4 Å². The van der Waals surface area contributed by atoms with Gasteiger partial charge in [-0.2, -0.15) is 0 Å². The Morgan fingerprint density at radius 1 is 0.957 bits per heavy atom. The van der Waals surface area contributed by atoms with Gasteiger partial charge < -0.3 is 14.7 Å². The molecular weight excluding hydrogens is 636 g/mol. The van der Waals surface area contributed by atoms with Crippen LogP contribution in [0, 0.1) is 12.7 Å². The fourth-order valence-corrected chi connectivity index (χ4v) is 7.04. The van der Waals surface area contributed by atoms with Crippen molar-refractivity contribution in [2.24, 2.45) is 0 Å². The highest BCUT2D eigenvalue weighted by molar-refractivity contribution is 8.00. The number of aromatic nitrogens is 2. The summed E-state index contributed by atoms with van der Waals surface area (Å²) in [7, 11) is 3.84. The highest BCUT2D eigenvalue weighted by Gasteiger charge is 2.48. The van der Waals surface area contributed by atoms with E-state index in [1.165, 1.54) is 40.1 Å². The Labute approximate surface area is 280 Å². The number of ketones is 1. The predicted molar refractivity (Wildman–Crippen MR) is 183 cm³/mol. The first kappa shape index (κ1) is 32.0. The lowest BCUT2D eigenvalue weighted by Crippen LogP contribution is -2.29. The maximum Gasteiger partial charge on any atom is 0.301 e. The van der Waals surface area contributed by atoms with Gasteiger partial charge in [-0.3, -0.25) is 14.5 Å². The zero-order chi connectivity index (χ0) is 33.1. The largest absolute Gasteiger partial charge is 0.507 e. The number of hydrogen-bond acceptors (Lipinski definition) is 9. The molecule has 5 aromatic rings. The van der Waals surface area contributed by atoms with Crippen molar-refractivity contribution in [2.45, 2.75) is 29.7 Å². The molecule has 11 heteroatoms. The third-order valence-electron chi connectivity index (χ3n) is 7.66. The molecule has 0 saturated carbocycles. The van der Waals surface area contributed by atoms with Crippen LogP contribution in [0.4, 0.5) is 15.2 Å². The molecule has 1 atom stereocenters. The molecule has 1 aliphatic heterocycles. The number of aliphatic hydroxyl groups is 1. The monoisotopic (exact) mass is 666 g/mol. The normalized spacial score (nSPS) is 15.7. The van der Waals surface area contributed by atoms with Crippen LogP contribution in [-0.2, 0) is 21.9 Å². The Morgan fingerprint density at radius 2 is 1.68 bits per heavy atom. The van der Waals surface area contributed by atoms with E-state index < -0.39 is 17.7 Å². The summed E-state index contributed by atoms with van der Waals surface area (Å²) in [5.74, 6) is -1.12. The van der Waals surface area contributed by atoms with E-state index in [0.29, 0.717) is 33.6 Å². The molecule has 8 nitrogen and oxygen atoms in total. The summed E-state index contributed by atoms with van der Waals surface area (Å²) in [5, 5.41) is 20.3. The summed E-state index contributed by atoms with van der Waals surface area (Å²) in [5.41, 5.74) is 4.97. The topological polar surface area (TPSA) is 95.9 Å². The maximum absolute atomic E-state index is 13.6. The van der Waals surface area contributed by atoms with Crippen molar-refractivity contribution in [2.75, 3.05) is 23.9 Å². The van der Waals surface area contributed by atoms with Crippen molar-refractivity contribution in [3.8, 4) is 5.75 Å². The van der Waals surface area contributed by atoms with Crippen LogP contribution in [0.5, 0.6) is 5.75 Å². The third-order valence-corrected chi connectivity index (χ3v) is 9.79. The van der Waals surface area contributed by atoms with Crippen LogP contribution in [0.1, 0.15) is 33.9 Å². The lowest BCUT2D eigenvalue weighted by atomic mass is 9.95. The van der Waals surface area contributed by atoms with Crippen LogP contribution in [0.3, 0.4) is 0 Å². The lowest BCUT2D eigenvalue weighted by molar-refractivity contribution is -0.132. The van der Waals surface area contributed by atoms with E-state index in [1.54, 1.807) is 36.4 Å². The smallest absolute Gasteiger partial charge is 0.301 e. The molecule has 1 unspecified atom stereocenters. The second kappa shape index (κ2) is 13.8. The number of hydrogen-bond donors (Lipinski definition) is 1. The zero-order valence-electron chi connectivity index (χ0n) is 25.9. The number of Topliss-reactive ketones (excluding diaryl/α,β-unsaturated/α-hetero) is 1. The number of carbonyl (C=O) groups is 2. The highest BCUT2D eigenvalue weighted by atomic mass is 32.2. The number of carbonyl (C=O) groups excluding carboxylic acids is 2. The first-order valence-electron chi connectivity index (χ1n) is 14.8. The molecule has 1 aliphatic rings. The molecule has 0 radical (unpaired) electrons. The van der Waals surface area contributed by atoms with Crippen LogP contribution in [-0.4, -0.2) is 41.1 Å². The molecule has 0 aliphatic carbocycles. The molecule has 1 amide bonds. The maximum atomic E-state index is 13.6. The summed E-state index contributed by atoms with van der Waals surface area (Å²) in [6, 6.07) is 27.5. The Morgan fingerprint density at radius 3 is 2.36 bits per heavy atom. The van der Waals surface area contributed by atoms with Crippen LogP contribution in [0.2, 0.25) is 0 Å². The Hall–Kier alpha value is -5.00. The van der Waals surface area contributed by atoms with Gasteiger partial charge in [-0.1, -0.05) is 77.2 Å². The number of aryl methyl sites for hydroxylation is 1. The summed E-state index contributed by atoms with van der Waals surface area (Å²) in [6.45, 7) is 2.40. The number of rotatable bonds is 10. The van der Waals surface area contributed by atoms with Gasteiger partial charge in [-0.05, 0) is 72.1 Å². The number of nitrogens with zero attached hydrogens (tertiary/aromatic N) is 4. The molecule has 1 aromatic heterocycles. The summed E-state index contributed by atoms with van der Waals surface area (Å²) in [6.07, 6.45) is 0. The minimum absolute atomic E-state index is 0.0447. The molecule has 4 aromatic carbocycles. The van der Waals surface area contributed by atoms with Crippen molar-refractivity contribution in [3.05, 3.63) is 136 Å². The molecule has 47 heavy (non-hydrogen) atoms. The Bertz CT molecular complexity index is 1940. The Balaban J connectivity index is 1.31. The first-order chi connectivity index (χ1) is 22.7. The predicted octanol–water partition coefficient (Wildman–Crippen LogP) is 7.55. The number of thioether (sulfide) groups is 1. The fourth-order valence-electron chi connectivity index (χ4n) is 5.22. The molecule has 2 heterocycles. The van der Waals surface area contributed by atoms with E-state index in [2.05, 4.69) is 16.3 Å². The van der Waals surface area contributed by atoms with E-state index in [-0.39, 0.29) is 22.3 Å². The van der Waals surface area contributed by atoms with Gasteiger partial charge in [0.25, 0.3) is 5.78 Å². The van der Waals surface area contributed by atoms with Crippen LogP contribution in [0.15, 0.2) is 107 Å². The average molecular weight is 667 g/mol. The molecule has 0 spiro atoms. The van der Waals surface area contributed by atoms with Gasteiger partial charge in [0.05, 0.1) is 11.6 Å². The second-order valence-electron chi connectivity index (χ2n) is 11.2. The molecule has 1 fully saturated rings. The molecule has 0 bridgehead atoms. The van der Waals surface area contributed by atoms with Crippen LogP contribution >= 0.6 is 23.1 Å². The SMILES string of the molecule is Cc1cccc(COc2ccc(/C(O)=C3\C(=O)C(=O)N(c4nnc(SCc5ccc(F)cc5)s4)C3c3ccc(N(C)C)cc3)cc2)c1. The first-order valence-corrected chi connectivity index (χ1v) is 16.6. The summed E-state index contributed by atoms with van der Waals surface area (Å²) >= 11 is 2.56. The van der Waals surface area contributed by atoms with Gasteiger partial charge in [0.15, 0.2) is 4.34 Å². The fraction of sp³-hybridized carbons (Fsp3) is 0.167. The zero-order valence-corrected chi connectivity index (χ0v) is 27.5. The van der Waals surface area contributed by atoms with Crippen molar-refractivity contribution < 1.29 is 23.8 Å². The van der Waals surface area contributed by atoms with E-state index >= 15 is 0 Å². The number of benzene rings is 4. The number of anilines is 2. The van der Waals surface area contributed by atoms with Gasteiger partial charge in [0.2, 0.25) is 5.13 Å². The van der Waals surface area contributed by atoms with Crippen molar-refractivity contribution >= 4 is 51.4 Å². The molecule has 6 rings (SSSR count). The highest BCUT2D eigenvalue weighted by Crippen LogP contribution is 2.44. The summed E-state index contributed by atoms with van der Waals surface area (Å²) in [4.78, 5) is 30.5. The van der Waals surface area contributed by atoms with Gasteiger partial charge in [-0.25, -0.2) is 4.39 Å². The second-order valence-corrected chi connectivity index (χ2v) is 13.4. The van der Waals surface area contributed by atoms with Crippen molar-refractivity contribution in [1.29, 1.82) is 0 Å². The number of ether oxygens (including phenoxy) is 1. The van der Waals surface area contributed by atoms with E-state index in [9.17, 15) is 19.1 Å². The van der Waals surface area contributed by atoms with Gasteiger partial charge in [-0.15, -0.1) is 10.2 Å². The van der Waals surface area contributed by atoms with Gasteiger partial charge in [0.1, 0.15) is 23.9 Å². The van der Waals surface area contributed by atoms with E-state index in [0.717, 1.165) is 22.4 Å². The average Bonchev–Trinajstić information content (AvgIpc) is 3.65. The van der Waals surface area contributed by atoms with Crippen molar-refractivity contribution in [1.82, 2.24) is 10.2 Å². The number of amides is 1. The van der Waals surface area contributed by atoms with E-state index in [4.69, 9.17) is 4.74 Å². The third kappa shape index (κ3) is 7.06. The quantitative estimate of drug-likeness (QED) is 0.0537. The van der Waals surface area contributed by atoms with Gasteiger partial charge >= 0.3 is 5.91 Å². The number of halogens is 1.